The van der Waals surface area contributed by atoms with Crippen LogP contribution in [0.2, 0.25) is 0 Å². The molecule has 20 heavy (non-hydrogen) atoms. The number of hydrogen-bond acceptors (Lipinski definition) is 3. The largest absolute Gasteiger partial charge is 0.380 e. The number of rotatable bonds is 6. The average Bonchev–Trinajstić information content (AvgIpc) is 2.80. The molecule has 1 aromatic carbocycles. The van der Waals surface area contributed by atoms with Crippen molar-refractivity contribution in [1.29, 1.82) is 5.26 Å². The topological polar surface area (TPSA) is 50.0 Å². The van der Waals surface area contributed by atoms with E-state index in [1.165, 1.54) is 11.1 Å². The van der Waals surface area contributed by atoms with Crippen LogP contribution in [-0.2, 0) is 31.5 Å². The fourth-order valence-electron chi connectivity index (χ4n) is 2.19. The maximum Gasteiger partial charge on any atom is 0.120 e. The summed E-state index contributed by atoms with van der Waals surface area (Å²) in [5.41, 5.74) is 4.22. The molecule has 0 bridgehead atoms. The van der Waals surface area contributed by atoms with Crippen molar-refractivity contribution >= 4 is 0 Å². The first-order valence-corrected chi connectivity index (χ1v) is 6.55. The van der Waals surface area contributed by atoms with E-state index in [1.807, 2.05) is 29.9 Å². The molecular formula is C16H19N3O. The summed E-state index contributed by atoms with van der Waals surface area (Å²) in [5, 5.41) is 12.3. The van der Waals surface area contributed by atoms with Gasteiger partial charge in [-0.1, -0.05) is 24.3 Å². The van der Waals surface area contributed by atoms with Crippen molar-refractivity contribution in [2.24, 2.45) is 7.05 Å². The van der Waals surface area contributed by atoms with Crippen LogP contribution in [0.1, 0.15) is 22.4 Å². The number of nitriles is 1. The van der Waals surface area contributed by atoms with Gasteiger partial charge in [0.25, 0.3) is 0 Å². The molecule has 1 aromatic heterocycles. The number of nitrogens with one attached hydrogen (secondary N) is 1. The average molecular weight is 269 g/mol. The first-order chi connectivity index (χ1) is 9.72. The molecule has 104 valence electrons. The second-order valence-electron chi connectivity index (χ2n) is 4.81. The van der Waals surface area contributed by atoms with Crippen LogP contribution in [0.4, 0.5) is 0 Å². The van der Waals surface area contributed by atoms with Gasteiger partial charge < -0.3 is 14.6 Å². The molecule has 0 radical (unpaired) electrons. The predicted octanol–water partition coefficient (Wildman–Crippen LogP) is 2.33. The summed E-state index contributed by atoms with van der Waals surface area (Å²) in [6.45, 7) is 2.19. The highest BCUT2D eigenvalue weighted by molar-refractivity contribution is 5.28. The van der Waals surface area contributed by atoms with Gasteiger partial charge in [-0.05, 0) is 22.8 Å². The summed E-state index contributed by atoms with van der Waals surface area (Å²) in [6.07, 6.45) is 1.98. The fourth-order valence-corrected chi connectivity index (χ4v) is 2.19. The Kier molecular flexibility index (Phi) is 4.94. The molecule has 0 aliphatic heterocycles. The van der Waals surface area contributed by atoms with Crippen LogP contribution in [-0.4, -0.2) is 11.7 Å². The Morgan fingerprint density at radius 3 is 2.65 bits per heavy atom. The third-order valence-electron chi connectivity index (χ3n) is 3.14. The van der Waals surface area contributed by atoms with Gasteiger partial charge >= 0.3 is 0 Å². The Morgan fingerprint density at radius 1 is 1.20 bits per heavy atom. The molecule has 0 atom stereocenters. The molecule has 1 heterocycles. The standard InChI is InChI=1S/C16H19N3O/c1-19-11-15(7-16(19)8-17)10-18-9-13-4-3-5-14(6-13)12-20-2/h3-7,11,18H,9-10,12H2,1-2H3. The molecule has 0 saturated heterocycles. The van der Waals surface area contributed by atoms with E-state index in [1.54, 1.807) is 7.11 Å². The Balaban J connectivity index is 1.89. The predicted molar refractivity (Wildman–Crippen MR) is 77.8 cm³/mol. The molecule has 0 aliphatic rings. The molecule has 4 nitrogen and oxygen atoms in total. The summed E-state index contributed by atoms with van der Waals surface area (Å²) >= 11 is 0. The lowest BCUT2D eigenvalue weighted by molar-refractivity contribution is 0.185. The van der Waals surface area contributed by atoms with Gasteiger partial charge in [-0.2, -0.15) is 5.26 Å². The van der Waals surface area contributed by atoms with Crippen molar-refractivity contribution in [3.63, 3.8) is 0 Å². The van der Waals surface area contributed by atoms with Gasteiger partial charge in [0.2, 0.25) is 0 Å². The van der Waals surface area contributed by atoms with Crippen molar-refractivity contribution in [2.45, 2.75) is 19.7 Å². The van der Waals surface area contributed by atoms with Gasteiger partial charge in [0.1, 0.15) is 11.8 Å². The minimum absolute atomic E-state index is 0.637. The molecular weight excluding hydrogens is 250 g/mol. The molecule has 1 N–H and O–H groups in total. The number of methoxy groups -OCH3 is 1. The zero-order valence-corrected chi connectivity index (χ0v) is 11.9. The van der Waals surface area contributed by atoms with Crippen molar-refractivity contribution in [1.82, 2.24) is 9.88 Å². The lowest BCUT2D eigenvalue weighted by atomic mass is 10.1. The molecule has 0 saturated carbocycles. The monoisotopic (exact) mass is 269 g/mol. The number of nitrogens with zero attached hydrogens (tertiary/aromatic N) is 2. The maximum atomic E-state index is 8.91. The minimum Gasteiger partial charge on any atom is -0.380 e. The fraction of sp³-hybridized carbons (Fsp3) is 0.312. The van der Waals surface area contributed by atoms with E-state index in [0.717, 1.165) is 18.7 Å². The quantitative estimate of drug-likeness (QED) is 0.875. The zero-order valence-electron chi connectivity index (χ0n) is 11.9. The van der Waals surface area contributed by atoms with Gasteiger partial charge in [-0.15, -0.1) is 0 Å². The van der Waals surface area contributed by atoms with Crippen LogP contribution in [0.3, 0.4) is 0 Å². The van der Waals surface area contributed by atoms with Crippen molar-refractivity contribution < 1.29 is 4.74 Å². The van der Waals surface area contributed by atoms with Crippen LogP contribution >= 0.6 is 0 Å². The number of aryl methyl sites for hydroxylation is 1. The maximum absolute atomic E-state index is 8.91. The summed E-state index contributed by atoms with van der Waals surface area (Å²) < 4.78 is 6.97. The second-order valence-corrected chi connectivity index (χ2v) is 4.81. The van der Waals surface area contributed by atoms with E-state index < -0.39 is 0 Å². The van der Waals surface area contributed by atoms with E-state index in [0.29, 0.717) is 12.3 Å². The van der Waals surface area contributed by atoms with Crippen LogP contribution in [0.5, 0.6) is 0 Å². The second kappa shape index (κ2) is 6.90. The molecule has 2 aromatic rings. The van der Waals surface area contributed by atoms with Crippen molar-refractivity contribution in [2.75, 3.05) is 7.11 Å². The Labute approximate surface area is 119 Å². The van der Waals surface area contributed by atoms with Gasteiger partial charge in [0.05, 0.1) is 6.61 Å². The van der Waals surface area contributed by atoms with E-state index in [-0.39, 0.29) is 0 Å². The number of benzene rings is 1. The molecule has 2 rings (SSSR count). The highest BCUT2D eigenvalue weighted by Gasteiger charge is 2.02. The van der Waals surface area contributed by atoms with Crippen molar-refractivity contribution in [3.8, 4) is 6.07 Å². The van der Waals surface area contributed by atoms with Gasteiger partial charge in [-0.3, -0.25) is 0 Å². The summed E-state index contributed by atoms with van der Waals surface area (Å²) in [5.74, 6) is 0. The first kappa shape index (κ1) is 14.3. The summed E-state index contributed by atoms with van der Waals surface area (Å²) in [6, 6.07) is 12.4. The third kappa shape index (κ3) is 3.70. The van der Waals surface area contributed by atoms with Crippen LogP contribution in [0.15, 0.2) is 36.5 Å². The van der Waals surface area contributed by atoms with E-state index >= 15 is 0 Å². The van der Waals surface area contributed by atoms with Crippen LogP contribution in [0.25, 0.3) is 0 Å². The number of ether oxygens (including phenoxy) is 1. The third-order valence-corrected chi connectivity index (χ3v) is 3.14. The molecule has 0 unspecified atom stereocenters. The lowest BCUT2D eigenvalue weighted by Gasteiger charge is -2.06. The first-order valence-electron chi connectivity index (χ1n) is 6.55. The van der Waals surface area contributed by atoms with Crippen LogP contribution in [0, 0.1) is 11.3 Å². The van der Waals surface area contributed by atoms with E-state index in [9.17, 15) is 0 Å². The summed E-state index contributed by atoms with van der Waals surface area (Å²) in [7, 11) is 3.59. The summed E-state index contributed by atoms with van der Waals surface area (Å²) in [4.78, 5) is 0. The smallest absolute Gasteiger partial charge is 0.120 e. The van der Waals surface area contributed by atoms with E-state index in [4.69, 9.17) is 10.00 Å². The number of aromatic nitrogens is 1. The van der Waals surface area contributed by atoms with Crippen molar-refractivity contribution in [3.05, 3.63) is 58.9 Å². The molecule has 4 heteroatoms. The highest BCUT2D eigenvalue weighted by Crippen LogP contribution is 2.08. The Morgan fingerprint density at radius 2 is 1.95 bits per heavy atom. The zero-order chi connectivity index (χ0) is 14.4. The Bertz CT molecular complexity index is 610. The molecule has 0 amide bonds. The lowest BCUT2D eigenvalue weighted by Crippen LogP contribution is -2.12. The molecule has 0 fully saturated rings. The molecule has 0 aliphatic carbocycles. The minimum atomic E-state index is 0.637. The molecule has 0 spiro atoms. The number of hydrogen-bond donors (Lipinski definition) is 1. The SMILES string of the molecule is COCc1cccc(CNCc2cc(C#N)n(C)c2)c1. The highest BCUT2D eigenvalue weighted by atomic mass is 16.5. The van der Waals surface area contributed by atoms with Gasteiger partial charge in [0, 0.05) is 33.4 Å². The Hall–Kier alpha value is -2.09. The van der Waals surface area contributed by atoms with Crippen LogP contribution < -0.4 is 5.32 Å². The van der Waals surface area contributed by atoms with Gasteiger partial charge in [-0.25, -0.2) is 0 Å². The normalized spacial score (nSPS) is 10.4. The van der Waals surface area contributed by atoms with E-state index in [2.05, 4.69) is 29.6 Å². The van der Waals surface area contributed by atoms with Gasteiger partial charge in [0.15, 0.2) is 0 Å².